The second kappa shape index (κ2) is 7.32. The molecule has 1 aromatic heterocycles. The Kier molecular flexibility index (Phi) is 5.45. The number of nitrogens with one attached hydrogen (secondary N) is 1. The van der Waals surface area contributed by atoms with Gasteiger partial charge in [-0.25, -0.2) is 0 Å². The van der Waals surface area contributed by atoms with Gasteiger partial charge < -0.3 is 10.1 Å². The summed E-state index contributed by atoms with van der Waals surface area (Å²) in [4.78, 5) is 10.3. The maximum Gasteiger partial charge on any atom is 0.273 e. The van der Waals surface area contributed by atoms with Crippen molar-refractivity contribution in [2.24, 2.45) is 0 Å². The number of nitrogens with zero attached hydrogens (tertiary/aromatic N) is 3. The summed E-state index contributed by atoms with van der Waals surface area (Å²) >= 11 is 4.57. The Labute approximate surface area is 133 Å². The highest BCUT2D eigenvalue weighted by molar-refractivity contribution is 9.10. The van der Waals surface area contributed by atoms with E-state index in [0.717, 1.165) is 18.0 Å². The number of hydrogen-bond donors (Lipinski definition) is 1. The van der Waals surface area contributed by atoms with E-state index in [9.17, 15) is 10.1 Å². The summed E-state index contributed by atoms with van der Waals surface area (Å²) in [5.41, 5.74) is 0.667. The fraction of sp³-hybridized carbons (Fsp3) is 0.333. The SMILES string of the molecule is CCCNc1snnc1COc1cc([N+](=O)[O-])ccc1Br. The van der Waals surface area contributed by atoms with Crippen molar-refractivity contribution in [1.82, 2.24) is 9.59 Å². The third-order valence-electron chi connectivity index (χ3n) is 2.58. The van der Waals surface area contributed by atoms with Crippen molar-refractivity contribution < 1.29 is 9.66 Å². The van der Waals surface area contributed by atoms with Crippen LogP contribution in [0.1, 0.15) is 19.0 Å². The summed E-state index contributed by atoms with van der Waals surface area (Å²) in [6, 6.07) is 4.38. The quantitative estimate of drug-likeness (QED) is 0.589. The molecule has 0 unspecified atom stereocenters. The standard InChI is InChI=1S/C12H13BrN4O3S/c1-2-5-14-12-10(15-16-21-12)7-20-11-6-8(17(18)19)3-4-9(11)13/h3-4,6,14H,2,5,7H2,1H3. The van der Waals surface area contributed by atoms with Crippen LogP contribution in [0.2, 0.25) is 0 Å². The van der Waals surface area contributed by atoms with Gasteiger partial charge in [0.15, 0.2) is 0 Å². The van der Waals surface area contributed by atoms with Crippen molar-refractivity contribution >= 4 is 38.2 Å². The Bertz CT molecular complexity index is 635. The van der Waals surface area contributed by atoms with Crippen LogP contribution in [-0.2, 0) is 6.61 Å². The fourth-order valence-electron chi connectivity index (χ4n) is 1.54. The lowest BCUT2D eigenvalue weighted by Gasteiger charge is -2.08. The average molecular weight is 373 g/mol. The smallest absolute Gasteiger partial charge is 0.273 e. The van der Waals surface area contributed by atoms with E-state index >= 15 is 0 Å². The molecule has 0 bridgehead atoms. The number of halogens is 1. The number of anilines is 1. The van der Waals surface area contributed by atoms with Gasteiger partial charge >= 0.3 is 0 Å². The molecule has 1 heterocycles. The molecular weight excluding hydrogens is 360 g/mol. The molecule has 0 aliphatic rings. The number of nitro benzene ring substituents is 1. The molecule has 0 aliphatic heterocycles. The van der Waals surface area contributed by atoms with Gasteiger partial charge in [-0.2, -0.15) is 0 Å². The van der Waals surface area contributed by atoms with Crippen molar-refractivity contribution in [3.8, 4) is 5.75 Å². The van der Waals surface area contributed by atoms with Gasteiger partial charge in [0.1, 0.15) is 23.1 Å². The second-order valence-electron chi connectivity index (χ2n) is 4.14. The minimum absolute atomic E-state index is 0.0195. The lowest BCUT2D eigenvalue weighted by Crippen LogP contribution is -2.04. The van der Waals surface area contributed by atoms with Crippen molar-refractivity contribution in [3.63, 3.8) is 0 Å². The normalized spacial score (nSPS) is 10.4. The molecule has 0 aliphatic carbocycles. The van der Waals surface area contributed by atoms with Crippen LogP contribution in [0.25, 0.3) is 0 Å². The number of hydrogen-bond acceptors (Lipinski definition) is 7. The zero-order chi connectivity index (χ0) is 15.2. The van der Waals surface area contributed by atoms with Crippen LogP contribution < -0.4 is 10.1 Å². The van der Waals surface area contributed by atoms with Crippen LogP contribution >= 0.6 is 27.5 Å². The molecule has 0 fully saturated rings. The third-order valence-corrected chi connectivity index (χ3v) is 3.96. The van der Waals surface area contributed by atoms with E-state index < -0.39 is 4.92 Å². The summed E-state index contributed by atoms with van der Waals surface area (Å²) in [7, 11) is 0. The highest BCUT2D eigenvalue weighted by Crippen LogP contribution is 2.30. The van der Waals surface area contributed by atoms with E-state index in [1.54, 1.807) is 6.07 Å². The molecule has 1 N–H and O–H groups in total. The van der Waals surface area contributed by atoms with Gasteiger partial charge in [0.2, 0.25) is 0 Å². The third kappa shape index (κ3) is 4.11. The van der Waals surface area contributed by atoms with Gasteiger partial charge in [-0.15, -0.1) is 5.10 Å². The molecule has 21 heavy (non-hydrogen) atoms. The first-order valence-corrected chi connectivity index (χ1v) is 7.80. The molecule has 112 valence electrons. The van der Waals surface area contributed by atoms with Crippen LogP contribution in [0.5, 0.6) is 5.75 Å². The van der Waals surface area contributed by atoms with Gasteiger partial charge in [-0.3, -0.25) is 10.1 Å². The Hall–Kier alpha value is -1.74. The molecule has 7 nitrogen and oxygen atoms in total. The minimum atomic E-state index is -0.460. The van der Waals surface area contributed by atoms with Crippen LogP contribution in [0, 0.1) is 10.1 Å². The van der Waals surface area contributed by atoms with Crippen LogP contribution in [0.4, 0.5) is 10.7 Å². The van der Waals surface area contributed by atoms with E-state index in [0.29, 0.717) is 15.9 Å². The molecule has 2 rings (SSSR count). The van der Waals surface area contributed by atoms with Crippen LogP contribution in [-0.4, -0.2) is 21.1 Å². The topological polar surface area (TPSA) is 90.2 Å². The zero-order valence-electron chi connectivity index (χ0n) is 11.2. The Balaban J connectivity index is 2.08. The number of rotatable bonds is 7. The van der Waals surface area contributed by atoms with Crippen molar-refractivity contribution in [3.05, 3.63) is 38.5 Å². The highest BCUT2D eigenvalue weighted by atomic mass is 79.9. The zero-order valence-corrected chi connectivity index (χ0v) is 13.6. The molecule has 0 spiro atoms. The van der Waals surface area contributed by atoms with Gasteiger partial charge in [0.05, 0.1) is 15.5 Å². The van der Waals surface area contributed by atoms with E-state index in [-0.39, 0.29) is 12.3 Å². The van der Waals surface area contributed by atoms with E-state index in [1.165, 1.54) is 23.7 Å². The Morgan fingerprint density at radius 3 is 3.05 bits per heavy atom. The molecule has 0 saturated heterocycles. The molecule has 0 saturated carbocycles. The van der Waals surface area contributed by atoms with Crippen molar-refractivity contribution in [2.45, 2.75) is 20.0 Å². The first kappa shape index (κ1) is 15.6. The van der Waals surface area contributed by atoms with Gasteiger partial charge in [-0.05, 0) is 28.4 Å². The number of ether oxygens (including phenoxy) is 1. The number of nitro groups is 1. The number of non-ortho nitro benzene ring substituents is 1. The summed E-state index contributed by atoms with van der Waals surface area (Å²) in [6.07, 6.45) is 0.995. The van der Waals surface area contributed by atoms with E-state index in [4.69, 9.17) is 4.74 Å². The maximum atomic E-state index is 10.8. The summed E-state index contributed by atoms with van der Waals surface area (Å²) in [5.74, 6) is 0.402. The molecule has 0 amide bonds. The first-order valence-electron chi connectivity index (χ1n) is 6.23. The molecule has 1 aromatic carbocycles. The van der Waals surface area contributed by atoms with Gasteiger partial charge in [-0.1, -0.05) is 11.4 Å². The van der Waals surface area contributed by atoms with Gasteiger partial charge in [0, 0.05) is 24.1 Å². The van der Waals surface area contributed by atoms with Gasteiger partial charge in [0.25, 0.3) is 5.69 Å². The lowest BCUT2D eigenvalue weighted by atomic mass is 10.3. The van der Waals surface area contributed by atoms with Crippen molar-refractivity contribution in [2.75, 3.05) is 11.9 Å². The molecule has 9 heteroatoms. The van der Waals surface area contributed by atoms with E-state index in [1.807, 2.05) is 0 Å². The lowest BCUT2D eigenvalue weighted by molar-refractivity contribution is -0.385. The Morgan fingerprint density at radius 2 is 2.33 bits per heavy atom. The maximum absolute atomic E-state index is 10.8. The van der Waals surface area contributed by atoms with E-state index in [2.05, 4.69) is 37.8 Å². The van der Waals surface area contributed by atoms with Crippen LogP contribution in [0.3, 0.4) is 0 Å². The number of aromatic nitrogens is 2. The number of benzene rings is 1. The molecule has 0 atom stereocenters. The predicted molar refractivity (Wildman–Crippen MR) is 83.8 cm³/mol. The molecule has 0 radical (unpaired) electrons. The predicted octanol–water partition coefficient (Wildman–Crippen LogP) is 3.61. The summed E-state index contributed by atoms with van der Waals surface area (Å²) in [6.45, 7) is 3.09. The molecular formula is C12H13BrN4O3S. The largest absolute Gasteiger partial charge is 0.486 e. The second-order valence-corrected chi connectivity index (χ2v) is 5.74. The minimum Gasteiger partial charge on any atom is -0.486 e. The fourth-order valence-corrected chi connectivity index (χ4v) is 2.49. The monoisotopic (exact) mass is 372 g/mol. The highest BCUT2D eigenvalue weighted by Gasteiger charge is 2.13. The average Bonchev–Trinajstić information content (AvgIpc) is 2.91. The van der Waals surface area contributed by atoms with Crippen LogP contribution in [0.15, 0.2) is 22.7 Å². The molecule has 2 aromatic rings. The summed E-state index contributed by atoms with van der Waals surface area (Å²) in [5, 5.41) is 18.9. The Morgan fingerprint density at radius 1 is 1.52 bits per heavy atom. The summed E-state index contributed by atoms with van der Waals surface area (Å²) < 4.78 is 10.1. The first-order chi connectivity index (χ1) is 10.1. The van der Waals surface area contributed by atoms with Crippen molar-refractivity contribution in [1.29, 1.82) is 0 Å².